The highest BCUT2D eigenvalue weighted by Gasteiger charge is 1.79. The summed E-state index contributed by atoms with van der Waals surface area (Å²) >= 11 is 0. The highest BCUT2D eigenvalue weighted by atomic mass is 13.9. The summed E-state index contributed by atoms with van der Waals surface area (Å²) in [6.07, 6.45) is 9.89. The minimum atomic E-state index is 1.27. The van der Waals surface area contributed by atoms with Gasteiger partial charge in [-0.1, -0.05) is 48.1 Å². The Balaban J connectivity index is 4.12. The normalized spacial score (nSPS) is 11.7. The second-order valence-electron chi connectivity index (χ2n) is 2.75. The number of hydrogen-bond donors (Lipinski definition) is 0. The van der Waals surface area contributed by atoms with Crippen molar-refractivity contribution in [1.82, 2.24) is 0 Å². The topological polar surface area (TPSA) is 0 Å². The van der Waals surface area contributed by atoms with Gasteiger partial charge in [0.15, 0.2) is 0 Å². The Hall–Kier alpha value is -1.04. The number of hydrogen-bond acceptors (Lipinski definition) is 0. The Kier molecular flexibility index (Phi) is 5.18. The van der Waals surface area contributed by atoms with Crippen LogP contribution in [0.15, 0.2) is 48.1 Å². The van der Waals surface area contributed by atoms with Crippen LogP contribution in [0.2, 0.25) is 0 Å². The lowest BCUT2D eigenvalue weighted by Crippen LogP contribution is -1.68. The SMILES string of the molecule is C=CC=CC=C(C)C=C(C)C. The van der Waals surface area contributed by atoms with E-state index in [0.29, 0.717) is 0 Å². The summed E-state index contributed by atoms with van der Waals surface area (Å²) in [6, 6.07) is 0. The van der Waals surface area contributed by atoms with E-state index in [-0.39, 0.29) is 0 Å². The molecule has 0 saturated heterocycles. The molecule has 0 bridgehead atoms. The van der Waals surface area contributed by atoms with Crippen molar-refractivity contribution < 1.29 is 0 Å². The maximum Gasteiger partial charge on any atom is -0.0398 e. The fourth-order valence-electron chi connectivity index (χ4n) is 0.789. The summed E-state index contributed by atoms with van der Waals surface area (Å²) in [5.74, 6) is 0. The third-order valence-electron chi connectivity index (χ3n) is 1.12. The number of allylic oxidation sites excluding steroid dienone is 7. The summed E-state index contributed by atoms with van der Waals surface area (Å²) in [6.45, 7) is 9.85. The summed E-state index contributed by atoms with van der Waals surface area (Å²) in [7, 11) is 0. The van der Waals surface area contributed by atoms with Crippen molar-refractivity contribution in [1.29, 1.82) is 0 Å². The molecule has 0 aliphatic rings. The molecule has 0 N–H and O–H groups in total. The smallest absolute Gasteiger partial charge is 0.0398 e. The standard InChI is InChI=1S/C11H16/c1-5-6-7-8-11(4)9-10(2)3/h5-9H,1H2,2-4H3. The predicted octanol–water partition coefficient (Wildman–Crippen LogP) is 3.64. The van der Waals surface area contributed by atoms with Gasteiger partial charge in [0.2, 0.25) is 0 Å². The van der Waals surface area contributed by atoms with Crippen LogP contribution in [-0.2, 0) is 0 Å². The van der Waals surface area contributed by atoms with Gasteiger partial charge in [0.05, 0.1) is 0 Å². The maximum absolute atomic E-state index is 3.59. The monoisotopic (exact) mass is 148 g/mol. The molecule has 0 radical (unpaired) electrons. The van der Waals surface area contributed by atoms with Gasteiger partial charge in [-0.05, 0) is 20.8 Å². The van der Waals surface area contributed by atoms with Crippen molar-refractivity contribution in [3.05, 3.63) is 48.1 Å². The molecule has 0 aliphatic heterocycles. The van der Waals surface area contributed by atoms with Gasteiger partial charge in [0.1, 0.15) is 0 Å². The lowest BCUT2D eigenvalue weighted by molar-refractivity contribution is 1.35. The molecule has 0 nitrogen and oxygen atoms in total. The van der Waals surface area contributed by atoms with Crippen molar-refractivity contribution in [2.24, 2.45) is 0 Å². The molecule has 0 rings (SSSR count). The van der Waals surface area contributed by atoms with Crippen molar-refractivity contribution in [3.8, 4) is 0 Å². The Morgan fingerprint density at radius 3 is 2.18 bits per heavy atom. The lowest BCUT2D eigenvalue weighted by atomic mass is 10.2. The molecule has 0 saturated carbocycles. The van der Waals surface area contributed by atoms with Crippen LogP contribution in [0.1, 0.15) is 20.8 Å². The van der Waals surface area contributed by atoms with Crippen LogP contribution in [0.5, 0.6) is 0 Å². The second-order valence-corrected chi connectivity index (χ2v) is 2.75. The van der Waals surface area contributed by atoms with Crippen molar-refractivity contribution in [3.63, 3.8) is 0 Å². The second kappa shape index (κ2) is 5.72. The average Bonchev–Trinajstić information content (AvgIpc) is 1.86. The molecule has 0 aromatic rings. The van der Waals surface area contributed by atoms with Gasteiger partial charge >= 0.3 is 0 Å². The molecule has 0 unspecified atom stereocenters. The van der Waals surface area contributed by atoms with E-state index in [1.807, 2.05) is 12.2 Å². The fourth-order valence-corrected chi connectivity index (χ4v) is 0.789. The molecule has 0 aromatic carbocycles. The van der Waals surface area contributed by atoms with Crippen LogP contribution in [0.25, 0.3) is 0 Å². The molecule has 60 valence electrons. The molecule has 0 amide bonds. The highest BCUT2D eigenvalue weighted by Crippen LogP contribution is 2.00. The van der Waals surface area contributed by atoms with Gasteiger partial charge in [-0.2, -0.15) is 0 Å². The average molecular weight is 148 g/mol. The largest absolute Gasteiger partial charge is 0.0991 e. The van der Waals surface area contributed by atoms with Crippen LogP contribution < -0.4 is 0 Å². The summed E-state index contributed by atoms with van der Waals surface area (Å²) in [4.78, 5) is 0. The Morgan fingerprint density at radius 1 is 1.09 bits per heavy atom. The first kappa shape index (κ1) is 9.96. The van der Waals surface area contributed by atoms with Gasteiger partial charge < -0.3 is 0 Å². The van der Waals surface area contributed by atoms with Crippen LogP contribution in [0.3, 0.4) is 0 Å². The minimum absolute atomic E-state index is 1.27. The molecule has 11 heavy (non-hydrogen) atoms. The van der Waals surface area contributed by atoms with E-state index in [0.717, 1.165) is 0 Å². The van der Waals surface area contributed by atoms with Crippen LogP contribution in [0, 0.1) is 0 Å². The van der Waals surface area contributed by atoms with E-state index in [1.54, 1.807) is 6.08 Å². The molecule has 0 aliphatic carbocycles. The summed E-state index contributed by atoms with van der Waals surface area (Å²) < 4.78 is 0. The van der Waals surface area contributed by atoms with Crippen LogP contribution in [-0.4, -0.2) is 0 Å². The van der Waals surface area contributed by atoms with E-state index >= 15 is 0 Å². The molecule has 0 atom stereocenters. The first-order valence-electron chi connectivity index (χ1n) is 3.77. The quantitative estimate of drug-likeness (QED) is 0.536. The Labute approximate surface area is 69.6 Å². The zero-order valence-corrected chi connectivity index (χ0v) is 7.59. The van der Waals surface area contributed by atoms with Crippen molar-refractivity contribution in [2.45, 2.75) is 20.8 Å². The summed E-state index contributed by atoms with van der Waals surface area (Å²) in [5, 5.41) is 0. The molecule has 0 heteroatoms. The third kappa shape index (κ3) is 6.85. The minimum Gasteiger partial charge on any atom is -0.0991 e. The van der Waals surface area contributed by atoms with E-state index in [9.17, 15) is 0 Å². The van der Waals surface area contributed by atoms with Gasteiger partial charge in [-0.25, -0.2) is 0 Å². The molecular weight excluding hydrogens is 132 g/mol. The van der Waals surface area contributed by atoms with Crippen LogP contribution in [0.4, 0.5) is 0 Å². The molecule has 0 fully saturated rings. The van der Waals surface area contributed by atoms with Gasteiger partial charge in [-0.3, -0.25) is 0 Å². The third-order valence-corrected chi connectivity index (χ3v) is 1.12. The predicted molar refractivity (Wildman–Crippen MR) is 52.5 cm³/mol. The van der Waals surface area contributed by atoms with Gasteiger partial charge in [0.25, 0.3) is 0 Å². The molecule has 0 heterocycles. The maximum atomic E-state index is 3.59. The Bertz CT molecular complexity index is 198. The highest BCUT2D eigenvalue weighted by molar-refractivity contribution is 5.24. The fraction of sp³-hybridized carbons (Fsp3) is 0.273. The van der Waals surface area contributed by atoms with E-state index in [1.165, 1.54) is 11.1 Å². The molecule has 0 spiro atoms. The summed E-state index contributed by atoms with van der Waals surface area (Å²) in [5.41, 5.74) is 2.59. The van der Waals surface area contributed by atoms with E-state index in [4.69, 9.17) is 0 Å². The Morgan fingerprint density at radius 2 is 1.73 bits per heavy atom. The van der Waals surface area contributed by atoms with Gasteiger partial charge in [-0.15, -0.1) is 0 Å². The lowest BCUT2D eigenvalue weighted by Gasteiger charge is -1.89. The van der Waals surface area contributed by atoms with Crippen molar-refractivity contribution >= 4 is 0 Å². The van der Waals surface area contributed by atoms with Crippen LogP contribution >= 0.6 is 0 Å². The van der Waals surface area contributed by atoms with Gasteiger partial charge in [0, 0.05) is 0 Å². The first-order chi connectivity index (χ1) is 5.16. The molecule has 0 aromatic heterocycles. The van der Waals surface area contributed by atoms with E-state index in [2.05, 4.69) is 39.5 Å². The van der Waals surface area contributed by atoms with Crippen molar-refractivity contribution in [2.75, 3.05) is 0 Å². The first-order valence-corrected chi connectivity index (χ1v) is 3.77. The zero-order chi connectivity index (χ0) is 8.69. The number of rotatable bonds is 3. The zero-order valence-electron chi connectivity index (χ0n) is 7.59. The van der Waals surface area contributed by atoms with E-state index < -0.39 is 0 Å². The molecular formula is C11H16.